The third-order valence-corrected chi connectivity index (χ3v) is 4.62. The maximum atomic E-state index is 11.8. The van der Waals surface area contributed by atoms with E-state index in [0.717, 1.165) is 44.5 Å². The molecule has 0 bridgehead atoms. The normalized spacial score (nSPS) is 28.1. The van der Waals surface area contributed by atoms with Crippen LogP contribution >= 0.6 is 0 Å². The lowest BCUT2D eigenvalue weighted by molar-refractivity contribution is -0.145. The van der Waals surface area contributed by atoms with Gasteiger partial charge in [-0.2, -0.15) is 0 Å². The smallest absolute Gasteiger partial charge is 0.325 e. The number of hydrogen-bond acceptors (Lipinski definition) is 3. The number of carbonyl (C=O) groups is 1. The highest BCUT2D eigenvalue weighted by atomic mass is 16.4. The molecule has 1 fully saturated rings. The van der Waals surface area contributed by atoms with Crippen molar-refractivity contribution in [2.45, 2.75) is 31.3 Å². The molecule has 2 unspecified atom stereocenters. The molecule has 0 aliphatic carbocycles. The number of fused-ring (bicyclic) bond motifs is 1. The minimum Gasteiger partial charge on any atom is -0.480 e. The van der Waals surface area contributed by atoms with Gasteiger partial charge in [-0.25, -0.2) is 0 Å². The second kappa shape index (κ2) is 5.54. The summed E-state index contributed by atoms with van der Waals surface area (Å²) < 4.78 is 0. The van der Waals surface area contributed by atoms with E-state index in [1.165, 1.54) is 5.56 Å². The molecule has 0 spiro atoms. The van der Waals surface area contributed by atoms with Gasteiger partial charge in [0.25, 0.3) is 0 Å². The van der Waals surface area contributed by atoms with E-state index in [2.05, 4.69) is 22.9 Å². The maximum absolute atomic E-state index is 11.8. The molecule has 20 heavy (non-hydrogen) atoms. The number of rotatable bonds is 2. The standard InChI is InChI=1S/C16H22N2O2/c1-17-9-4-6-13(11-17)18-10-8-12-5-2-3-7-14(12)15(18)16(19)20/h2-3,5,7,13,15H,4,6,8-11H2,1H3,(H,19,20). The van der Waals surface area contributed by atoms with Crippen LogP contribution < -0.4 is 0 Å². The van der Waals surface area contributed by atoms with Gasteiger partial charge in [0.15, 0.2) is 0 Å². The Balaban J connectivity index is 1.90. The Morgan fingerprint density at radius 2 is 2.10 bits per heavy atom. The number of carboxylic acids is 1. The monoisotopic (exact) mass is 274 g/mol. The van der Waals surface area contributed by atoms with Crippen LogP contribution in [0.15, 0.2) is 24.3 Å². The second-order valence-corrected chi connectivity index (χ2v) is 5.99. The average Bonchev–Trinajstić information content (AvgIpc) is 2.45. The number of piperidine rings is 1. The lowest BCUT2D eigenvalue weighted by atomic mass is 9.90. The van der Waals surface area contributed by atoms with Crippen molar-refractivity contribution in [1.29, 1.82) is 0 Å². The van der Waals surface area contributed by atoms with Crippen molar-refractivity contribution in [2.75, 3.05) is 26.7 Å². The van der Waals surface area contributed by atoms with E-state index < -0.39 is 12.0 Å². The predicted octanol–water partition coefficient (Wildman–Crippen LogP) is 1.76. The van der Waals surface area contributed by atoms with Gasteiger partial charge >= 0.3 is 5.97 Å². The average molecular weight is 274 g/mol. The Hall–Kier alpha value is -1.39. The predicted molar refractivity (Wildman–Crippen MR) is 77.7 cm³/mol. The van der Waals surface area contributed by atoms with E-state index in [4.69, 9.17) is 0 Å². The molecular weight excluding hydrogens is 252 g/mol. The van der Waals surface area contributed by atoms with Crippen LogP contribution in [-0.2, 0) is 11.2 Å². The number of hydrogen-bond donors (Lipinski definition) is 1. The summed E-state index contributed by atoms with van der Waals surface area (Å²) in [5, 5.41) is 9.70. The van der Waals surface area contributed by atoms with Crippen molar-refractivity contribution < 1.29 is 9.90 Å². The minimum absolute atomic E-state index is 0.364. The zero-order chi connectivity index (χ0) is 14.1. The van der Waals surface area contributed by atoms with E-state index >= 15 is 0 Å². The molecule has 4 heteroatoms. The number of aliphatic carboxylic acids is 1. The molecule has 108 valence electrons. The third-order valence-electron chi connectivity index (χ3n) is 4.62. The summed E-state index contributed by atoms with van der Waals surface area (Å²) in [6, 6.07) is 7.88. The SMILES string of the molecule is CN1CCCC(N2CCc3ccccc3C2C(=O)O)C1. The van der Waals surface area contributed by atoms with Gasteiger partial charge in [-0.15, -0.1) is 0 Å². The van der Waals surface area contributed by atoms with Crippen molar-refractivity contribution in [3.63, 3.8) is 0 Å². The van der Waals surface area contributed by atoms with Gasteiger partial charge in [-0.3, -0.25) is 9.69 Å². The molecule has 1 aromatic carbocycles. The van der Waals surface area contributed by atoms with E-state index in [1.807, 2.05) is 18.2 Å². The first-order valence-electron chi connectivity index (χ1n) is 7.41. The molecular formula is C16H22N2O2. The summed E-state index contributed by atoms with van der Waals surface area (Å²) in [5.41, 5.74) is 2.18. The van der Waals surface area contributed by atoms with Crippen LogP contribution in [0.2, 0.25) is 0 Å². The first kappa shape index (κ1) is 13.6. The summed E-state index contributed by atoms with van der Waals surface area (Å²) >= 11 is 0. The summed E-state index contributed by atoms with van der Waals surface area (Å²) in [7, 11) is 2.12. The number of carboxylic acid groups (broad SMARTS) is 1. The molecule has 4 nitrogen and oxygen atoms in total. The van der Waals surface area contributed by atoms with E-state index in [1.54, 1.807) is 0 Å². The molecule has 1 aromatic rings. The minimum atomic E-state index is -0.717. The fraction of sp³-hybridized carbons (Fsp3) is 0.562. The van der Waals surface area contributed by atoms with Gasteiger partial charge in [0.2, 0.25) is 0 Å². The van der Waals surface area contributed by atoms with Gasteiger partial charge in [-0.05, 0) is 44.0 Å². The first-order valence-corrected chi connectivity index (χ1v) is 7.41. The van der Waals surface area contributed by atoms with E-state index in [9.17, 15) is 9.90 Å². The third kappa shape index (κ3) is 2.45. The topological polar surface area (TPSA) is 43.8 Å². The van der Waals surface area contributed by atoms with E-state index in [-0.39, 0.29) is 0 Å². The van der Waals surface area contributed by atoms with Crippen molar-refractivity contribution in [3.05, 3.63) is 35.4 Å². The summed E-state index contributed by atoms with van der Waals surface area (Å²) in [4.78, 5) is 16.3. The highest BCUT2D eigenvalue weighted by Crippen LogP contribution is 2.33. The molecule has 0 radical (unpaired) electrons. The summed E-state index contributed by atoms with van der Waals surface area (Å²) in [6.45, 7) is 2.96. The number of likely N-dealkylation sites (N-methyl/N-ethyl adjacent to an activating group) is 1. The Kier molecular flexibility index (Phi) is 3.76. The molecule has 2 aliphatic rings. The highest BCUT2D eigenvalue weighted by molar-refractivity contribution is 5.76. The van der Waals surface area contributed by atoms with Crippen LogP contribution in [0, 0.1) is 0 Å². The van der Waals surface area contributed by atoms with Gasteiger partial charge in [0, 0.05) is 19.1 Å². The number of likely N-dealkylation sites (tertiary alicyclic amines) is 1. The largest absolute Gasteiger partial charge is 0.480 e. The lowest BCUT2D eigenvalue weighted by Crippen LogP contribution is -2.52. The van der Waals surface area contributed by atoms with Crippen LogP contribution in [0.4, 0.5) is 0 Å². The van der Waals surface area contributed by atoms with Gasteiger partial charge in [-0.1, -0.05) is 24.3 Å². The number of nitrogens with zero attached hydrogens (tertiary/aromatic N) is 2. The molecule has 2 heterocycles. The molecule has 0 saturated carbocycles. The summed E-state index contributed by atoms with van der Waals surface area (Å²) in [6.07, 6.45) is 3.22. The quantitative estimate of drug-likeness (QED) is 0.892. The first-order chi connectivity index (χ1) is 9.66. The van der Waals surface area contributed by atoms with Crippen molar-refractivity contribution in [1.82, 2.24) is 9.80 Å². The summed E-state index contributed by atoms with van der Waals surface area (Å²) in [5.74, 6) is -0.717. The Morgan fingerprint density at radius 3 is 2.85 bits per heavy atom. The Morgan fingerprint density at radius 1 is 1.30 bits per heavy atom. The zero-order valence-electron chi connectivity index (χ0n) is 12.0. The van der Waals surface area contributed by atoms with Crippen LogP contribution in [0.3, 0.4) is 0 Å². The van der Waals surface area contributed by atoms with Crippen molar-refractivity contribution in [2.24, 2.45) is 0 Å². The molecule has 1 saturated heterocycles. The van der Waals surface area contributed by atoms with Crippen molar-refractivity contribution in [3.8, 4) is 0 Å². The van der Waals surface area contributed by atoms with Crippen LogP contribution in [-0.4, -0.2) is 53.6 Å². The van der Waals surface area contributed by atoms with Crippen molar-refractivity contribution >= 4 is 5.97 Å². The molecule has 2 atom stereocenters. The van der Waals surface area contributed by atoms with Crippen LogP contribution in [0.5, 0.6) is 0 Å². The Bertz CT molecular complexity index is 503. The number of benzene rings is 1. The Labute approximate surface area is 120 Å². The van der Waals surface area contributed by atoms with E-state index in [0.29, 0.717) is 6.04 Å². The van der Waals surface area contributed by atoms with Crippen LogP contribution in [0.25, 0.3) is 0 Å². The molecule has 1 N–H and O–H groups in total. The molecule has 3 rings (SSSR count). The maximum Gasteiger partial charge on any atom is 0.325 e. The van der Waals surface area contributed by atoms with Gasteiger partial charge in [0.05, 0.1) is 0 Å². The fourth-order valence-electron chi connectivity index (χ4n) is 3.66. The fourth-order valence-corrected chi connectivity index (χ4v) is 3.66. The van der Waals surface area contributed by atoms with Crippen LogP contribution in [0.1, 0.15) is 30.0 Å². The van der Waals surface area contributed by atoms with Gasteiger partial charge in [0.1, 0.15) is 6.04 Å². The lowest BCUT2D eigenvalue weighted by Gasteiger charge is -2.43. The molecule has 0 aromatic heterocycles. The second-order valence-electron chi connectivity index (χ2n) is 5.99. The molecule has 2 aliphatic heterocycles. The molecule has 0 amide bonds. The highest BCUT2D eigenvalue weighted by Gasteiger charge is 2.37. The zero-order valence-corrected chi connectivity index (χ0v) is 12.0. The van der Waals surface area contributed by atoms with Gasteiger partial charge < -0.3 is 10.0 Å².